The van der Waals surface area contributed by atoms with Crippen molar-refractivity contribution in [3.8, 4) is 11.3 Å². The molecule has 1 amide bonds. The number of nitrogens with zero attached hydrogens (tertiary/aromatic N) is 4. The van der Waals surface area contributed by atoms with Gasteiger partial charge in [-0.3, -0.25) is 4.79 Å². The van der Waals surface area contributed by atoms with Gasteiger partial charge in [0.05, 0.1) is 5.69 Å². The Morgan fingerprint density at radius 1 is 0.933 bits per heavy atom. The highest BCUT2D eigenvalue weighted by molar-refractivity contribution is 5.78. The molecule has 0 bridgehead atoms. The molecule has 0 spiro atoms. The molecule has 2 aromatic carbocycles. The zero-order valence-corrected chi connectivity index (χ0v) is 17.5. The number of carbonyl (C=O) groups is 1. The largest absolute Gasteiger partial charge is 0.368 e. The molecule has 6 nitrogen and oxygen atoms in total. The Morgan fingerprint density at radius 3 is 2.30 bits per heavy atom. The second-order valence-corrected chi connectivity index (χ2v) is 7.77. The van der Waals surface area contributed by atoms with Crippen molar-refractivity contribution in [1.82, 2.24) is 14.9 Å². The van der Waals surface area contributed by atoms with E-state index in [1.807, 2.05) is 67.3 Å². The van der Waals surface area contributed by atoms with Crippen molar-refractivity contribution in [2.45, 2.75) is 13.8 Å². The minimum absolute atomic E-state index is 0.0597. The van der Waals surface area contributed by atoms with E-state index in [0.29, 0.717) is 5.95 Å². The maximum atomic E-state index is 12.2. The predicted molar refractivity (Wildman–Crippen MR) is 121 cm³/mol. The Bertz CT molecular complexity index is 980. The number of hydrogen-bond acceptors (Lipinski definition) is 5. The minimum atomic E-state index is 0.0597. The molecule has 0 radical (unpaired) electrons. The topological polar surface area (TPSA) is 61.4 Å². The maximum Gasteiger partial charge on any atom is 0.227 e. The normalized spacial score (nSPS) is 14.1. The molecule has 30 heavy (non-hydrogen) atoms. The summed E-state index contributed by atoms with van der Waals surface area (Å²) in [6.07, 6.45) is 1.77. The van der Waals surface area contributed by atoms with E-state index in [0.717, 1.165) is 48.8 Å². The van der Waals surface area contributed by atoms with Crippen molar-refractivity contribution in [2.75, 3.05) is 36.4 Å². The van der Waals surface area contributed by atoms with Gasteiger partial charge in [-0.05, 0) is 30.3 Å². The third-order valence-electron chi connectivity index (χ3n) is 5.30. The molecule has 0 saturated carbocycles. The first kappa shape index (κ1) is 19.9. The van der Waals surface area contributed by atoms with E-state index in [1.54, 1.807) is 6.20 Å². The van der Waals surface area contributed by atoms with Crippen molar-refractivity contribution in [3.05, 3.63) is 66.9 Å². The number of benzene rings is 2. The maximum absolute atomic E-state index is 12.2. The molecular weight excluding hydrogens is 374 g/mol. The average molecular weight is 402 g/mol. The van der Waals surface area contributed by atoms with Crippen LogP contribution in [0.15, 0.2) is 66.9 Å². The van der Waals surface area contributed by atoms with Crippen molar-refractivity contribution in [2.24, 2.45) is 5.92 Å². The molecule has 6 heteroatoms. The molecule has 3 aromatic rings. The number of aromatic nitrogens is 2. The summed E-state index contributed by atoms with van der Waals surface area (Å²) in [5.41, 5.74) is 4.06. The fourth-order valence-corrected chi connectivity index (χ4v) is 3.62. The zero-order valence-electron chi connectivity index (χ0n) is 17.5. The quantitative estimate of drug-likeness (QED) is 0.695. The van der Waals surface area contributed by atoms with Crippen LogP contribution in [-0.2, 0) is 4.79 Å². The van der Waals surface area contributed by atoms with Crippen LogP contribution in [0.25, 0.3) is 11.3 Å². The minimum Gasteiger partial charge on any atom is -0.368 e. The molecule has 1 aliphatic rings. The number of rotatable bonds is 5. The molecule has 1 saturated heterocycles. The lowest BCUT2D eigenvalue weighted by molar-refractivity contribution is -0.134. The first-order valence-corrected chi connectivity index (χ1v) is 10.4. The lowest BCUT2D eigenvalue weighted by Crippen LogP contribution is -2.49. The van der Waals surface area contributed by atoms with Crippen LogP contribution in [0.3, 0.4) is 0 Å². The van der Waals surface area contributed by atoms with Gasteiger partial charge in [0.15, 0.2) is 0 Å². The van der Waals surface area contributed by atoms with Crippen LogP contribution in [-0.4, -0.2) is 47.0 Å². The van der Waals surface area contributed by atoms with Gasteiger partial charge in [-0.2, -0.15) is 0 Å². The van der Waals surface area contributed by atoms with Gasteiger partial charge in [0.1, 0.15) is 0 Å². The number of piperazine rings is 1. The van der Waals surface area contributed by atoms with Gasteiger partial charge in [-0.1, -0.05) is 44.2 Å². The van der Waals surface area contributed by atoms with E-state index in [2.05, 4.69) is 32.3 Å². The number of nitrogens with one attached hydrogen (secondary N) is 1. The van der Waals surface area contributed by atoms with Gasteiger partial charge in [0, 0.05) is 55.2 Å². The summed E-state index contributed by atoms with van der Waals surface area (Å²) in [5.74, 6) is 0.876. The van der Waals surface area contributed by atoms with E-state index in [4.69, 9.17) is 0 Å². The van der Waals surface area contributed by atoms with E-state index >= 15 is 0 Å². The van der Waals surface area contributed by atoms with Crippen LogP contribution in [0.2, 0.25) is 0 Å². The molecule has 0 unspecified atom stereocenters. The monoisotopic (exact) mass is 401 g/mol. The molecule has 1 fully saturated rings. The average Bonchev–Trinajstić information content (AvgIpc) is 2.80. The summed E-state index contributed by atoms with van der Waals surface area (Å²) in [6.45, 7) is 7.18. The Balaban J connectivity index is 1.39. The number of amides is 1. The summed E-state index contributed by atoms with van der Waals surface area (Å²) in [5, 5.41) is 3.29. The van der Waals surface area contributed by atoms with Gasteiger partial charge in [-0.25, -0.2) is 9.97 Å². The van der Waals surface area contributed by atoms with Gasteiger partial charge < -0.3 is 15.1 Å². The van der Waals surface area contributed by atoms with Gasteiger partial charge in [0.25, 0.3) is 0 Å². The van der Waals surface area contributed by atoms with E-state index < -0.39 is 0 Å². The van der Waals surface area contributed by atoms with Crippen LogP contribution in [0.5, 0.6) is 0 Å². The van der Waals surface area contributed by atoms with Crippen LogP contribution in [0, 0.1) is 5.92 Å². The van der Waals surface area contributed by atoms with Gasteiger partial charge >= 0.3 is 0 Å². The van der Waals surface area contributed by atoms with Crippen molar-refractivity contribution < 1.29 is 4.79 Å². The highest BCUT2D eigenvalue weighted by atomic mass is 16.2. The molecule has 154 valence electrons. The fourth-order valence-electron chi connectivity index (χ4n) is 3.62. The first-order chi connectivity index (χ1) is 14.6. The van der Waals surface area contributed by atoms with E-state index in [-0.39, 0.29) is 11.8 Å². The Kier molecular flexibility index (Phi) is 5.93. The summed E-state index contributed by atoms with van der Waals surface area (Å²) >= 11 is 0. The van der Waals surface area contributed by atoms with Crippen molar-refractivity contribution in [3.63, 3.8) is 0 Å². The van der Waals surface area contributed by atoms with Gasteiger partial charge in [-0.15, -0.1) is 0 Å². The number of anilines is 3. The lowest BCUT2D eigenvalue weighted by atomic mass is 10.1. The summed E-state index contributed by atoms with van der Waals surface area (Å²) < 4.78 is 0. The van der Waals surface area contributed by atoms with Crippen LogP contribution in [0.1, 0.15) is 13.8 Å². The third kappa shape index (κ3) is 4.59. The summed E-state index contributed by atoms with van der Waals surface area (Å²) in [4.78, 5) is 25.4. The molecular formula is C24H27N5O. The fraction of sp³-hybridized carbons (Fsp3) is 0.292. The SMILES string of the molecule is CC(C)C(=O)N1CCN(c2ccc(Nc3nccc(-c4ccccc4)n3)cc2)CC1. The summed E-state index contributed by atoms with van der Waals surface area (Å²) in [7, 11) is 0. The smallest absolute Gasteiger partial charge is 0.227 e. The third-order valence-corrected chi connectivity index (χ3v) is 5.30. The Hall–Kier alpha value is -3.41. The van der Waals surface area contributed by atoms with Crippen LogP contribution < -0.4 is 10.2 Å². The van der Waals surface area contributed by atoms with Gasteiger partial charge in [0.2, 0.25) is 11.9 Å². The molecule has 1 aliphatic heterocycles. The second kappa shape index (κ2) is 8.95. The zero-order chi connectivity index (χ0) is 20.9. The van der Waals surface area contributed by atoms with E-state index in [9.17, 15) is 4.79 Å². The summed E-state index contributed by atoms with van der Waals surface area (Å²) in [6, 6.07) is 20.3. The number of carbonyl (C=O) groups excluding carboxylic acids is 1. The Labute approximate surface area is 177 Å². The van der Waals surface area contributed by atoms with Crippen molar-refractivity contribution in [1.29, 1.82) is 0 Å². The predicted octanol–water partition coefficient (Wildman–Crippen LogP) is 4.19. The standard InChI is InChI=1S/C24H27N5O/c1-18(2)23(30)29-16-14-28(15-17-29)21-10-8-20(9-11-21)26-24-25-13-12-22(27-24)19-6-4-3-5-7-19/h3-13,18H,14-17H2,1-2H3,(H,25,26,27). The second-order valence-electron chi connectivity index (χ2n) is 7.77. The molecule has 2 heterocycles. The first-order valence-electron chi connectivity index (χ1n) is 10.4. The van der Waals surface area contributed by atoms with Crippen molar-refractivity contribution >= 4 is 23.2 Å². The Morgan fingerprint density at radius 2 is 1.63 bits per heavy atom. The molecule has 0 aliphatic carbocycles. The highest BCUT2D eigenvalue weighted by Crippen LogP contribution is 2.23. The van der Waals surface area contributed by atoms with Crippen LogP contribution >= 0.6 is 0 Å². The lowest BCUT2D eigenvalue weighted by Gasteiger charge is -2.37. The van der Waals surface area contributed by atoms with E-state index in [1.165, 1.54) is 0 Å². The molecule has 1 N–H and O–H groups in total. The molecule has 0 atom stereocenters. The highest BCUT2D eigenvalue weighted by Gasteiger charge is 2.22. The molecule has 4 rings (SSSR count). The molecule has 1 aromatic heterocycles. The van der Waals surface area contributed by atoms with Crippen LogP contribution in [0.4, 0.5) is 17.3 Å². The number of hydrogen-bond donors (Lipinski definition) is 1.